The Balaban J connectivity index is 1.09. The summed E-state index contributed by atoms with van der Waals surface area (Å²) in [5.41, 5.74) is 12.3. The fraction of sp³-hybridized carbons (Fsp3) is 0.607. The summed E-state index contributed by atoms with van der Waals surface area (Å²) in [5.74, 6) is 2.47. The topological polar surface area (TPSA) is 97.5 Å². The van der Waals surface area contributed by atoms with Gasteiger partial charge in [0.15, 0.2) is 0 Å². The summed E-state index contributed by atoms with van der Waals surface area (Å²) in [5, 5.41) is 13.5. The number of phenols is 1. The summed E-state index contributed by atoms with van der Waals surface area (Å²) in [6.07, 6.45) is 9.86. The third-order valence-corrected chi connectivity index (χ3v) is 8.65. The number of fused-ring (bicyclic) bond motifs is 1. The van der Waals surface area contributed by atoms with Crippen LogP contribution in [0.5, 0.6) is 5.75 Å². The van der Waals surface area contributed by atoms with Crippen LogP contribution in [0.15, 0.2) is 30.5 Å². The number of imidazole rings is 1. The molecule has 4 heterocycles. The van der Waals surface area contributed by atoms with Crippen LogP contribution in [-0.2, 0) is 11.2 Å². The van der Waals surface area contributed by atoms with Gasteiger partial charge in [0.1, 0.15) is 11.6 Å². The van der Waals surface area contributed by atoms with E-state index < -0.39 is 0 Å². The Morgan fingerprint density at radius 3 is 3.03 bits per heavy atom. The number of ether oxygens (including phenoxy) is 1. The van der Waals surface area contributed by atoms with E-state index in [9.17, 15) is 5.11 Å². The highest BCUT2D eigenvalue weighted by atomic mass is 16.5. The van der Waals surface area contributed by atoms with E-state index in [0.29, 0.717) is 29.7 Å². The maximum atomic E-state index is 9.92. The number of nitrogens with zero attached hydrogens (tertiary/aromatic N) is 2. The number of rotatable bonds is 6. The van der Waals surface area contributed by atoms with E-state index in [-0.39, 0.29) is 6.04 Å². The first-order chi connectivity index (χ1) is 17.7. The predicted molar refractivity (Wildman–Crippen MR) is 141 cm³/mol. The second-order valence-corrected chi connectivity index (χ2v) is 10.9. The van der Waals surface area contributed by atoms with Crippen LogP contribution >= 0.6 is 0 Å². The van der Waals surface area contributed by atoms with Gasteiger partial charge in [-0.25, -0.2) is 10.4 Å². The molecule has 6 rings (SSSR count). The number of hydrazine groups is 1. The molecule has 8 nitrogen and oxygen atoms in total. The number of H-pyrrole nitrogens is 1. The molecule has 0 radical (unpaired) electrons. The van der Waals surface area contributed by atoms with Crippen molar-refractivity contribution in [1.29, 1.82) is 0 Å². The van der Waals surface area contributed by atoms with Gasteiger partial charge in [-0.05, 0) is 72.8 Å². The van der Waals surface area contributed by atoms with Gasteiger partial charge in [-0.15, -0.1) is 0 Å². The Bertz CT molecular complexity index is 1080. The quantitative estimate of drug-likeness (QED) is 0.423. The normalized spacial score (nSPS) is 31.2. The van der Waals surface area contributed by atoms with Crippen molar-refractivity contribution in [1.82, 2.24) is 31.0 Å². The van der Waals surface area contributed by atoms with Crippen LogP contribution in [0.25, 0.3) is 5.57 Å². The molecule has 1 aliphatic carbocycles. The average Bonchev–Trinajstić information content (AvgIpc) is 3.56. The number of benzene rings is 1. The Morgan fingerprint density at radius 2 is 2.17 bits per heavy atom. The molecule has 5 N–H and O–H groups in total. The molecule has 3 fully saturated rings. The molecule has 194 valence electrons. The zero-order valence-corrected chi connectivity index (χ0v) is 21.3. The Kier molecular flexibility index (Phi) is 7.13. The summed E-state index contributed by atoms with van der Waals surface area (Å²) >= 11 is 0. The van der Waals surface area contributed by atoms with Crippen molar-refractivity contribution in [3.63, 3.8) is 0 Å². The summed E-state index contributed by atoms with van der Waals surface area (Å²) < 4.78 is 5.64. The van der Waals surface area contributed by atoms with Gasteiger partial charge in [0, 0.05) is 38.3 Å². The van der Waals surface area contributed by atoms with Crippen molar-refractivity contribution in [3.8, 4) is 5.75 Å². The second-order valence-electron chi connectivity index (χ2n) is 10.9. The molecule has 2 saturated heterocycles. The van der Waals surface area contributed by atoms with Gasteiger partial charge in [0.25, 0.3) is 0 Å². The minimum atomic E-state index is 0.207. The molecule has 1 saturated carbocycles. The van der Waals surface area contributed by atoms with E-state index in [2.05, 4.69) is 45.1 Å². The summed E-state index contributed by atoms with van der Waals surface area (Å²) in [6, 6.07) is 6.97. The predicted octanol–water partition coefficient (Wildman–Crippen LogP) is 2.86. The number of morpholine rings is 1. The number of hydrogen-bond donors (Lipinski definition) is 5. The zero-order chi connectivity index (χ0) is 24.5. The first-order valence-electron chi connectivity index (χ1n) is 13.8. The summed E-state index contributed by atoms with van der Waals surface area (Å²) in [6.45, 7) is 7.83. The van der Waals surface area contributed by atoms with Gasteiger partial charge in [-0.3, -0.25) is 10.3 Å². The van der Waals surface area contributed by atoms with Crippen molar-refractivity contribution in [2.75, 3.05) is 39.4 Å². The van der Waals surface area contributed by atoms with Gasteiger partial charge < -0.3 is 20.1 Å². The molecule has 0 amide bonds. The fourth-order valence-electron chi connectivity index (χ4n) is 6.78. The Labute approximate surface area is 213 Å². The van der Waals surface area contributed by atoms with Crippen molar-refractivity contribution < 1.29 is 9.84 Å². The highest BCUT2D eigenvalue weighted by molar-refractivity contribution is 5.64. The summed E-state index contributed by atoms with van der Waals surface area (Å²) in [7, 11) is 0. The molecule has 5 atom stereocenters. The fourth-order valence-corrected chi connectivity index (χ4v) is 6.78. The molecule has 36 heavy (non-hydrogen) atoms. The first kappa shape index (κ1) is 24.1. The molecule has 1 aromatic heterocycles. The van der Waals surface area contributed by atoms with Gasteiger partial charge in [-0.2, -0.15) is 0 Å². The van der Waals surface area contributed by atoms with Crippen LogP contribution in [0, 0.1) is 5.92 Å². The molecular formula is C28H40N6O2. The number of aromatic amines is 1. The maximum Gasteiger partial charge on any atom is 0.125 e. The molecule has 8 heteroatoms. The maximum absolute atomic E-state index is 9.92. The molecule has 4 unspecified atom stereocenters. The monoisotopic (exact) mass is 492 g/mol. The number of phenolic OH excluding ortho intramolecular Hbond substituents is 1. The van der Waals surface area contributed by atoms with Crippen molar-refractivity contribution in [2.24, 2.45) is 5.92 Å². The summed E-state index contributed by atoms with van der Waals surface area (Å²) in [4.78, 5) is 11.0. The van der Waals surface area contributed by atoms with Crippen LogP contribution in [-0.4, -0.2) is 71.5 Å². The molecule has 2 aromatic rings. The van der Waals surface area contributed by atoms with Crippen LogP contribution in [0.3, 0.4) is 0 Å². The standard InChI is InChI=1S/C28H40N6O2/c1-2-18-12-22(35)6-8-23(18)19-5-7-24-25(13-19)32-33-27(24)28-30-14-26(31-28)20-4-3-10-34(15-20)16-21-17-36-11-9-29-21/h4,6,8,12,14,19,21,24-25,27,29,32-33,35H,2-3,5,7,9-11,13,15-17H2,1H3,(H,30,31)/t19?,21-,24?,25?,27?/m1/s1. The van der Waals surface area contributed by atoms with Gasteiger partial charge >= 0.3 is 0 Å². The molecule has 4 aliphatic rings. The lowest BCUT2D eigenvalue weighted by Gasteiger charge is -2.33. The van der Waals surface area contributed by atoms with Crippen molar-refractivity contribution in [3.05, 3.63) is 53.1 Å². The molecule has 0 spiro atoms. The minimum absolute atomic E-state index is 0.207. The SMILES string of the molecule is CCc1cc(O)ccc1C1CCC2C(C1)NNC2c1ncc(C2=CCCN(C[C@@H]3COCCN3)C2)[nH]1. The van der Waals surface area contributed by atoms with Crippen LogP contribution in [0.1, 0.15) is 67.2 Å². The lowest BCUT2D eigenvalue weighted by molar-refractivity contribution is 0.0635. The van der Waals surface area contributed by atoms with E-state index in [1.54, 1.807) is 0 Å². The van der Waals surface area contributed by atoms with Gasteiger partial charge in [-0.1, -0.05) is 19.1 Å². The van der Waals surface area contributed by atoms with Crippen molar-refractivity contribution >= 4 is 5.57 Å². The van der Waals surface area contributed by atoms with Crippen LogP contribution < -0.4 is 16.2 Å². The lowest BCUT2D eigenvalue weighted by Crippen LogP contribution is -2.49. The van der Waals surface area contributed by atoms with Gasteiger partial charge in [0.05, 0.1) is 31.1 Å². The number of aryl methyl sites for hydroxylation is 1. The minimum Gasteiger partial charge on any atom is -0.508 e. The van der Waals surface area contributed by atoms with Gasteiger partial charge in [0.2, 0.25) is 0 Å². The zero-order valence-electron chi connectivity index (χ0n) is 21.3. The number of hydrogen-bond acceptors (Lipinski definition) is 7. The number of aromatic nitrogens is 2. The second kappa shape index (κ2) is 10.6. The molecule has 1 aromatic carbocycles. The van der Waals surface area contributed by atoms with E-state index in [1.807, 2.05) is 18.3 Å². The van der Waals surface area contributed by atoms with Crippen LogP contribution in [0.2, 0.25) is 0 Å². The average molecular weight is 493 g/mol. The smallest absolute Gasteiger partial charge is 0.125 e. The third-order valence-electron chi connectivity index (χ3n) is 8.65. The Morgan fingerprint density at radius 1 is 1.22 bits per heavy atom. The van der Waals surface area contributed by atoms with E-state index in [0.717, 1.165) is 76.6 Å². The number of aromatic hydroxyl groups is 1. The molecular weight excluding hydrogens is 452 g/mol. The number of nitrogens with one attached hydrogen (secondary N) is 4. The third kappa shape index (κ3) is 4.97. The van der Waals surface area contributed by atoms with Crippen molar-refractivity contribution in [2.45, 2.75) is 63.1 Å². The lowest BCUT2D eigenvalue weighted by atomic mass is 9.73. The van der Waals surface area contributed by atoms with E-state index in [1.165, 1.54) is 23.1 Å². The van der Waals surface area contributed by atoms with Crippen LogP contribution in [0.4, 0.5) is 0 Å². The van der Waals surface area contributed by atoms with E-state index in [4.69, 9.17) is 9.72 Å². The largest absolute Gasteiger partial charge is 0.508 e. The molecule has 3 aliphatic heterocycles. The first-order valence-corrected chi connectivity index (χ1v) is 13.8. The Hall–Kier alpha value is -2.23. The highest BCUT2D eigenvalue weighted by Crippen LogP contribution is 2.44. The molecule has 0 bridgehead atoms. The van der Waals surface area contributed by atoms with E-state index >= 15 is 0 Å². The highest BCUT2D eigenvalue weighted by Gasteiger charge is 2.42.